The molecule has 2 aromatic rings. The number of ether oxygens (including phenoxy) is 1. The Morgan fingerprint density at radius 3 is 2.77 bits per heavy atom. The van der Waals surface area contributed by atoms with Crippen LogP contribution in [0.4, 0.5) is 5.69 Å². The third kappa shape index (κ3) is 3.26. The van der Waals surface area contributed by atoms with Gasteiger partial charge in [0.25, 0.3) is 5.91 Å². The van der Waals surface area contributed by atoms with Gasteiger partial charge in [-0.15, -0.1) is 0 Å². The Labute approximate surface area is 153 Å². The lowest BCUT2D eigenvalue weighted by atomic mass is 9.94. The molecule has 5 heteroatoms. The number of aryl methyl sites for hydroxylation is 1. The average Bonchev–Trinajstić information content (AvgIpc) is 3.24. The molecule has 0 radical (unpaired) electrons. The molecular weight excluding hydrogens is 328 g/mol. The Balaban J connectivity index is 1.51. The highest BCUT2D eigenvalue weighted by Gasteiger charge is 2.26. The summed E-state index contributed by atoms with van der Waals surface area (Å²) in [5, 5.41) is 2.93. The van der Waals surface area contributed by atoms with Crippen LogP contribution in [0.15, 0.2) is 24.3 Å². The van der Waals surface area contributed by atoms with Crippen LogP contribution in [0.25, 0.3) is 0 Å². The number of amides is 1. The van der Waals surface area contributed by atoms with Crippen molar-refractivity contribution >= 4 is 17.4 Å². The van der Waals surface area contributed by atoms with E-state index in [2.05, 4.69) is 10.3 Å². The number of aromatic nitrogens is 1. The molecule has 136 valence electrons. The second-order valence-electron chi connectivity index (χ2n) is 7.26. The fourth-order valence-corrected chi connectivity index (χ4v) is 4.04. The number of hydrogen-bond acceptors (Lipinski definition) is 3. The number of Topliss-reactive ketones (excluding diaryl/α,β-unsaturated/α-hetero) is 1. The van der Waals surface area contributed by atoms with Crippen LogP contribution in [0, 0.1) is 6.92 Å². The van der Waals surface area contributed by atoms with Gasteiger partial charge in [0, 0.05) is 29.4 Å². The summed E-state index contributed by atoms with van der Waals surface area (Å²) in [6.07, 6.45) is 7.13. The molecule has 2 aliphatic rings. The second kappa shape index (κ2) is 6.98. The zero-order chi connectivity index (χ0) is 18.1. The van der Waals surface area contributed by atoms with Crippen LogP contribution in [-0.2, 0) is 6.42 Å². The number of benzene rings is 1. The van der Waals surface area contributed by atoms with Crippen molar-refractivity contribution in [2.24, 2.45) is 0 Å². The Kier molecular flexibility index (Phi) is 4.53. The van der Waals surface area contributed by atoms with E-state index in [1.54, 1.807) is 0 Å². The summed E-state index contributed by atoms with van der Waals surface area (Å²) < 4.78 is 6.00. The van der Waals surface area contributed by atoms with E-state index < -0.39 is 0 Å². The minimum absolute atomic E-state index is 0.131. The molecule has 0 aliphatic heterocycles. The number of fused-ring (bicyclic) bond motifs is 1. The van der Waals surface area contributed by atoms with Gasteiger partial charge in [0.1, 0.15) is 11.4 Å². The minimum atomic E-state index is -0.220. The SMILES string of the molecule is Cc1c(C(=O)Nc2cccc(OC3CCCC3)c2)[nH]c2c1C(=O)CCC2. The number of nitrogens with one attached hydrogen (secondary N) is 2. The van der Waals surface area contributed by atoms with E-state index in [1.165, 1.54) is 12.8 Å². The summed E-state index contributed by atoms with van der Waals surface area (Å²) in [7, 11) is 0. The number of anilines is 1. The van der Waals surface area contributed by atoms with Gasteiger partial charge in [0.15, 0.2) is 5.78 Å². The van der Waals surface area contributed by atoms with E-state index in [4.69, 9.17) is 4.74 Å². The van der Waals surface area contributed by atoms with Crippen molar-refractivity contribution in [2.75, 3.05) is 5.32 Å². The van der Waals surface area contributed by atoms with Gasteiger partial charge >= 0.3 is 0 Å². The summed E-state index contributed by atoms with van der Waals surface area (Å²) in [5.41, 5.74) is 3.53. The standard InChI is InChI=1S/C21H24N2O3/c1-13-19-17(10-5-11-18(19)24)23-20(13)21(25)22-14-6-4-9-16(12-14)26-15-7-2-3-8-15/h4,6,9,12,15,23H,2-3,5,7-8,10-11H2,1H3,(H,22,25). The Hall–Kier alpha value is -2.56. The fourth-order valence-electron chi connectivity index (χ4n) is 4.04. The number of rotatable bonds is 4. The Morgan fingerprint density at radius 2 is 2.00 bits per heavy atom. The summed E-state index contributed by atoms with van der Waals surface area (Å²) in [5.74, 6) is 0.695. The predicted octanol–water partition coefficient (Wildman–Crippen LogP) is 4.42. The summed E-state index contributed by atoms with van der Waals surface area (Å²) in [6.45, 7) is 1.84. The molecule has 1 fully saturated rings. The maximum atomic E-state index is 12.7. The van der Waals surface area contributed by atoms with Gasteiger partial charge < -0.3 is 15.0 Å². The normalized spacial score (nSPS) is 17.2. The van der Waals surface area contributed by atoms with Crippen LogP contribution in [-0.4, -0.2) is 22.8 Å². The largest absolute Gasteiger partial charge is 0.490 e. The van der Waals surface area contributed by atoms with Crippen molar-refractivity contribution < 1.29 is 14.3 Å². The first-order valence-corrected chi connectivity index (χ1v) is 9.44. The van der Waals surface area contributed by atoms with Gasteiger partial charge in [0.2, 0.25) is 0 Å². The van der Waals surface area contributed by atoms with E-state index in [9.17, 15) is 9.59 Å². The first kappa shape index (κ1) is 16.9. The zero-order valence-corrected chi connectivity index (χ0v) is 15.1. The lowest BCUT2D eigenvalue weighted by Crippen LogP contribution is -2.14. The third-order valence-electron chi connectivity index (χ3n) is 5.36. The predicted molar refractivity (Wildman–Crippen MR) is 100 cm³/mol. The topological polar surface area (TPSA) is 71.2 Å². The van der Waals surface area contributed by atoms with Crippen LogP contribution in [0.1, 0.15) is 70.6 Å². The highest BCUT2D eigenvalue weighted by molar-refractivity contribution is 6.08. The van der Waals surface area contributed by atoms with E-state index in [1.807, 2.05) is 31.2 Å². The highest BCUT2D eigenvalue weighted by atomic mass is 16.5. The van der Waals surface area contributed by atoms with Gasteiger partial charge in [-0.05, 0) is 63.1 Å². The van der Waals surface area contributed by atoms with Crippen molar-refractivity contribution in [1.29, 1.82) is 0 Å². The quantitative estimate of drug-likeness (QED) is 0.856. The molecule has 1 amide bonds. The minimum Gasteiger partial charge on any atom is -0.490 e. The van der Waals surface area contributed by atoms with Crippen molar-refractivity contribution in [2.45, 2.75) is 58.0 Å². The Bertz CT molecular complexity index is 847. The van der Waals surface area contributed by atoms with Crippen molar-refractivity contribution in [3.63, 3.8) is 0 Å². The molecule has 1 aromatic heterocycles. The van der Waals surface area contributed by atoms with Crippen LogP contribution >= 0.6 is 0 Å². The molecular formula is C21H24N2O3. The van der Waals surface area contributed by atoms with Gasteiger partial charge in [-0.1, -0.05) is 6.07 Å². The average molecular weight is 352 g/mol. The summed E-state index contributed by atoms with van der Waals surface area (Å²) in [6, 6.07) is 7.52. The summed E-state index contributed by atoms with van der Waals surface area (Å²) in [4.78, 5) is 28.0. The molecule has 0 atom stereocenters. The monoisotopic (exact) mass is 352 g/mol. The van der Waals surface area contributed by atoms with Gasteiger partial charge in [0.05, 0.1) is 6.10 Å². The lowest BCUT2D eigenvalue weighted by Gasteiger charge is -2.14. The molecule has 4 rings (SSSR count). The first-order valence-electron chi connectivity index (χ1n) is 9.44. The molecule has 0 spiro atoms. The van der Waals surface area contributed by atoms with E-state index >= 15 is 0 Å². The van der Waals surface area contributed by atoms with Crippen LogP contribution in [0.3, 0.4) is 0 Å². The van der Waals surface area contributed by atoms with E-state index in [0.717, 1.165) is 42.7 Å². The zero-order valence-electron chi connectivity index (χ0n) is 15.1. The third-order valence-corrected chi connectivity index (χ3v) is 5.36. The smallest absolute Gasteiger partial charge is 0.272 e. The number of aromatic amines is 1. The molecule has 2 N–H and O–H groups in total. The Morgan fingerprint density at radius 1 is 1.19 bits per heavy atom. The fraction of sp³-hybridized carbons (Fsp3) is 0.429. The molecule has 1 saturated carbocycles. The van der Waals surface area contributed by atoms with Crippen molar-refractivity contribution in [3.8, 4) is 5.75 Å². The van der Waals surface area contributed by atoms with Gasteiger partial charge in [-0.3, -0.25) is 9.59 Å². The molecule has 5 nitrogen and oxygen atoms in total. The molecule has 0 saturated heterocycles. The van der Waals surface area contributed by atoms with Crippen molar-refractivity contribution in [1.82, 2.24) is 4.98 Å². The second-order valence-corrected chi connectivity index (χ2v) is 7.26. The molecule has 1 heterocycles. The van der Waals surface area contributed by atoms with Gasteiger partial charge in [-0.25, -0.2) is 0 Å². The van der Waals surface area contributed by atoms with Crippen molar-refractivity contribution in [3.05, 3.63) is 46.8 Å². The molecule has 26 heavy (non-hydrogen) atoms. The number of hydrogen-bond donors (Lipinski definition) is 2. The maximum absolute atomic E-state index is 12.7. The number of carbonyl (C=O) groups excluding carboxylic acids is 2. The molecule has 1 aromatic carbocycles. The number of H-pyrrole nitrogens is 1. The molecule has 0 unspecified atom stereocenters. The van der Waals surface area contributed by atoms with Gasteiger partial charge in [-0.2, -0.15) is 0 Å². The molecule has 2 aliphatic carbocycles. The number of carbonyl (C=O) groups is 2. The van der Waals surface area contributed by atoms with E-state index in [-0.39, 0.29) is 17.8 Å². The number of ketones is 1. The van der Waals surface area contributed by atoms with E-state index in [0.29, 0.717) is 23.4 Å². The maximum Gasteiger partial charge on any atom is 0.272 e. The van der Waals surface area contributed by atoms with Crippen LogP contribution in [0.5, 0.6) is 5.75 Å². The highest BCUT2D eigenvalue weighted by Crippen LogP contribution is 2.28. The summed E-state index contributed by atoms with van der Waals surface area (Å²) >= 11 is 0. The lowest BCUT2D eigenvalue weighted by molar-refractivity contribution is 0.0971. The first-order chi connectivity index (χ1) is 12.6. The molecule has 0 bridgehead atoms. The van der Waals surface area contributed by atoms with Crippen LogP contribution < -0.4 is 10.1 Å². The van der Waals surface area contributed by atoms with Crippen LogP contribution in [0.2, 0.25) is 0 Å².